The Balaban J connectivity index is 1.73. The molecule has 3 atom stereocenters. The minimum Gasteiger partial charge on any atom is -0.306 e. The first-order valence-corrected chi connectivity index (χ1v) is 8.10. The van der Waals surface area contributed by atoms with Gasteiger partial charge in [0, 0.05) is 32.2 Å². The van der Waals surface area contributed by atoms with E-state index in [1.807, 2.05) is 0 Å². The van der Waals surface area contributed by atoms with Gasteiger partial charge in [0.1, 0.15) is 0 Å². The Morgan fingerprint density at radius 2 is 1.85 bits per heavy atom. The van der Waals surface area contributed by atoms with E-state index in [2.05, 4.69) is 61.0 Å². The van der Waals surface area contributed by atoms with Gasteiger partial charge in [0.05, 0.1) is 0 Å². The van der Waals surface area contributed by atoms with E-state index in [1.54, 1.807) is 0 Å². The van der Waals surface area contributed by atoms with Crippen LogP contribution >= 0.6 is 0 Å². The fourth-order valence-corrected chi connectivity index (χ4v) is 4.26. The summed E-state index contributed by atoms with van der Waals surface area (Å²) in [5, 5.41) is 0. The van der Waals surface area contributed by atoms with E-state index < -0.39 is 0 Å². The summed E-state index contributed by atoms with van der Waals surface area (Å²) < 4.78 is 0. The Labute approximate surface area is 123 Å². The lowest BCUT2D eigenvalue weighted by atomic mass is 9.89. The van der Waals surface area contributed by atoms with Crippen LogP contribution in [0.2, 0.25) is 0 Å². The highest BCUT2D eigenvalue weighted by Crippen LogP contribution is 2.39. The van der Waals surface area contributed by atoms with E-state index >= 15 is 0 Å². The molecular formula is C18H28N2. The summed E-state index contributed by atoms with van der Waals surface area (Å²) >= 11 is 0. The fraction of sp³-hybridized carbons (Fsp3) is 0.667. The predicted octanol–water partition coefficient (Wildman–Crippen LogP) is 3.09. The fourth-order valence-electron chi connectivity index (χ4n) is 4.26. The van der Waals surface area contributed by atoms with Crippen molar-refractivity contribution in [3.63, 3.8) is 0 Å². The number of benzene rings is 1. The number of hydrogen-bond donors (Lipinski definition) is 0. The maximum absolute atomic E-state index is 2.76. The third-order valence-electron chi connectivity index (χ3n) is 5.05. The van der Waals surface area contributed by atoms with Gasteiger partial charge in [-0.2, -0.15) is 0 Å². The summed E-state index contributed by atoms with van der Waals surface area (Å²) in [6.45, 7) is 9.76. The van der Waals surface area contributed by atoms with Gasteiger partial charge in [0.15, 0.2) is 0 Å². The van der Waals surface area contributed by atoms with E-state index in [0.717, 1.165) is 30.3 Å². The lowest BCUT2D eigenvalue weighted by Gasteiger charge is -2.30. The molecule has 3 rings (SSSR count). The number of nitrogens with zero attached hydrogens (tertiary/aromatic N) is 2. The molecule has 20 heavy (non-hydrogen) atoms. The summed E-state index contributed by atoms with van der Waals surface area (Å²) in [6.07, 6.45) is 1.35. The molecule has 2 heteroatoms. The topological polar surface area (TPSA) is 6.48 Å². The first kappa shape index (κ1) is 14.1. The molecule has 0 bridgehead atoms. The second-order valence-electron chi connectivity index (χ2n) is 7.26. The molecule has 0 aliphatic carbocycles. The molecule has 0 radical (unpaired) electrons. The summed E-state index contributed by atoms with van der Waals surface area (Å²) in [7, 11) is 2.28. The first-order valence-electron chi connectivity index (χ1n) is 8.10. The Bertz CT molecular complexity index is 428. The maximum atomic E-state index is 2.76. The minimum atomic E-state index is 0.783. The Hall–Kier alpha value is -0.860. The highest BCUT2D eigenvalue weighted by atomic mass is 15.2. The van der Waals surface area contributed by atoms with Gasteiger partial charge in [0.25, 0.3) is 0 Å². The SMILES string of the molecule is CC(C)C[C@@H]1[C@@H]2CN(C)C[C@H]2CN1Cc1ccccc1. The third-order valence-corrected chi connectivity index (χ3v) is 5.05. The van der Waals surface area contributed by atoms with Crippen LogP contribution in [0.4, 0.5) is 0 Å². The van der Waals surface area contributed by atoms with Crippen molar-refractivity contribution in [1.29, 1.82) is 0 Å². The van der Waals surface area contributed by atoms with Gasteiger partial charge in [0.2, 0.25) is 0 Å². The molecule has 0 aromatic heterocycles. The number of hydrogen-bond acceptors (Lipinski definition) is 2. The average molecular weight is 272 g/mol. The van der Waals surface area contributed by atoms with Gasteiger partial charge >= 0.3 is 0 Å². The van der Waals surface area contributed by atoms with E-state index in [-0.39, 0.29) is 0 Å². The minimum absolute atomic E-state index is 0.783. The smallest absolute Gasteiger partial charge is 0.0236 e. The first-order chi connectivity index (χ1) is 9.63. The molecule has 110 valence electrons. The summed E-state index contributed by atoms with van der Waals surface area (Å²) in [5.74, 6) is 2.58. The van der Waals surface area contributed by atoms with Crippen LogP contribution in [0.1, 0.15) is 25.8 Å². The molecule has 0 saturated carbocycles. The molecule has 1 aromatic carbocycles. The van der Waals surface area contributed by atoms with Crippen LogP contribution in [0.5, 0.6) is 0 Å². The second-order valence-corrected chi connectivity index (χ2v) is 7.26. The van der Waals surface area contributed by atoms with Crippen molar-refractivity contribution < 1.29 is 0 Å². The molecule has 2 saturated heterocycles. The highest BCUT2D eigenvalue weighted by molar-refractivity contribution is 5.15. The Morgan fingerprint density at radius 1 is 1.10 bits per heavy atom. The van der Waals surface area contributed by atoms with Crippen LogP contribution in [0.3, 0.4) is 0 Å². The summed E-state index contributed by atoms with van der Waals surface area (Å²) in [6, 6.07) is 11.8. The molecule has 1 aromatic rings. The number of fused-ring (bicyclic) bond motifs is 1. The lowest BCUT2D eigenvalue weighted by Crippen LogP contribution is -2.36. The van der Waals surface area contributed by atoms with Crippen molar-refractivity contribution in [2.24, 2.45) is 17.8 Å². The van der Waals surface area contributed by atoms with Crippen molar-refractivity contribution in [2.45, 2.75) is 32.9 Å². The maximum Gasteiger partial charge on any atom is 0.0236 e. The molecule has 0 N–H and O–H groups in total. The molecule has 0 amide bonds. The summed E-state index contributed by atoms with van der Waals surface area (Å²) in [4.78, 5) is 5.29. The van der Waals surface area contributed by atoms with Crippen molar-refractivity contribution in [3.8, 4) is 0 Å². The largest absolute Gasteiger partial charge is 0.306 e. The summed E-state index contributed by atoms with van der Waals surface area (Å²) in [5.41, 5.74) is 1.47. The molecule has 0 spiro atoms. The van der Waals surface area contributed by atoms with Crippen molar-refractivity contribution in [1.82, 2.24) is 9.80 Å². The van der Waals surface area contributed by atoms with Gasteiger partial charge in [-0.25, -0.2) is 0 Å². The van der Waals surface area contributed by atoms with Crippen LogP contribution in [-0.4, -0.2) is 42.5 Å². The van der Waals surface area contributed by atoms with Crippen LogP contribution < -0.4 is 0 Å². The van der Waals surface area contributed by atoms with Crippen LogP contribution in [-0.2, 0) is 6.54 Å². The predicted molar refractivity (Wildman–Crippen MR) is 84.6 cm³/mol. The Morgan fingerprint density at radius 3 is 2.55 bits per heavy atom. The average Bonchev–Trinajstić information content (AvgIpc) is 2.89. The molecular weight excluding hydrogens is 244 g/mol. The standard InChI is InChI=1S/C18H28N2/c1-14(2)9-18-17-13-19(3)11-16(17)12-20(18)10-15-7-5-4-6-8-15/h4-8,14,16-18H,9-13H2,1-3H3/t16-,17+,18+/m0/s1. The van der Waals surface area contributed by atoms with Gasteiger partial charge in [-0.3, -0.25) is 4.90 Å². The molecule has 2 fully saturated rings. The van der Waals surface area contributed by atoms with E-state index in [9.17, 15) is 0 Å². The van der Waals surface area contributed by atoms with Crippen LogP contribution in [0, 0.1) is 17.8 Å². The van der Waals surface area contributed by atoms with Crippen molar-refractivity contribution in [2.75, 3.05) is 26.7 Å². The third kappa shape index (κ3) is 2.91. The van der Waals surface area contributed by atoms with Crippen LogP contribution in [0.25, 0.3) is 0 Å². The quantitative estimate of drug-likeness (QED) is 0.831. The van der Waals surface area contributed by atoms with Gasteiger partial charge in [-0.15, -0.1) is 0 Å². The number of rotatable bonds is 4. The van der Waals surface area contributed by atoms with E-state index in [4.69, 9.17) is 0 Å². The van der Waals surface area contributed by atoms with Gasteiger partial charge in [-0.1, -0.05) is 44.2 Å². The zero-order chi connectivity index (χ0) is 14.1. The van der Waals surface area contributed by atoms with Crippen molar-refractivity contribution >= 4 is 0 Å². The van der Waals surface area contributed by atoms with E-state index in [0.29, 0.717) is 0 Å². The Kier molecular flexibility index (Phi) is 4.13. The van der Waals surface area contributed by atoms with Gasteiger partial charge < -0.3 is 4.90 Å². The zero-order valence-electron chi connectivity index (χ0n) is 13.1. The van der Waals surface area contributed by atoms with Gasteiger partial charge in [-0.05, 0) is 36.8 Å². The molecule has 2 aliphatic heterocycles. The molecule has 0 unspecified atom stereocenters. The molecule has 2 aliphatic rings. The lowest BCUT2D eigenvalue weighted by molar-refractivity contribution is 0.174. The second kappa shape index (κ2) is 5.87. The number of likely N-dealkylation sites (tertiary alicyclic amines) is 2. The molecule has 2 heterocycles. The van der Waals surface area contributed by atoms with Crippen LogP contribution in [0.15, 0.2) is 30.3 Å². The molecule has 2 nitrogen and oxygen atoms in total. The highest BCUT2D eigenvalue weighted by Gasteiger charge is 2.45. The van der Waals surface area contributed by atoms with E-state index in [1.165, 1.54) is 31.6 Å². The van der Waals surface area contributed by atoms with Crippen molar-refractivity contribution in [3.05, 3.63) is 35.9 Å². The zero-order valence-corrected chi connectivity index (χ0v) is 13.1. The monoisotopic (exact) mass is 272 g/mol. The normalized spacial score (nSPS) is 31.1.